The first-order chi connectivity index (χ1) is 10.6. The maximum Gasteiger partial charge on any atom is 0.252 e. The predicted octanol–water partition coefficient (Wildman–Crippen LogP) is 1.90. The third kappa shape index (κ3) is 2.69. The molecule has 2 N–H and O–H groups in total. The SMILES string of the molecule is N#CC1(NC(=O)C2(NC(=O)c3ccccc3)CCCC2)CC1. The van der Waals surface area contributed by atoms with Crippen LogP contribution >= 0.6 is 0 Å². The number of nitrogens with zero attached hydrogens (tertiary/aromatic N) is 1. The highest BCUT2D eigenvalue weighted by Gasteiger charge is 2.50. The van der Waals surface area contributed by atoms with Crippen LogP contribution in [0.3, 0.4) is 0 Å². The highest BCUT2D eigenvalue weighted by molar-refractivity contribution is 5.99. The first-order valence-corrected chi connectivity index (χ1v) is 7.71. The molecule has 0 aromatic heterocycles. The second kappa shape index (κ2) is 5.45. The summed E-state index contributed by atoms with van der Waals surface area (Å²) in [6.07, 6.45) is 4.44. The van der Waals surface area contributed by atoms with Gasteiger partial charge in [-0.15, -0.1) is 0 Å². The second-order valence-corrected chi connectivity index (χ2v) is 6.26. The minimum atomic E-state index is -0.876. The number of nitrogens with one attached hydrogen (secondary N) is 2. The van der Waals surface area contributed by atoms with E-state index in [1.165, 1.54) is 0 Å². The molecule has 0 atom stereocenters. The smallest absolute Gasteiger partial charge is 0.252 e. The molecule has 3 rings (SSSR count). The van der Waals surface area contributed by atoms with E-state index in [0.717, 1.165) is 12.8 Å². The molecule has 0 spiro atoms. The molecule has 0 radical (unpaired) electrons. The molecule has 0 bridgehead atoms. The maximum absolute atomic E-state index is 12.7. The summed E-state index contributed by atoms with van der Waals surface area (Å²) in [5.41, 5.74) is -1.04. The van der Waals surface area contributed by atoms with Crippen LogP contribution in [0, 0.1) is 11.3 Å². The summed E-state index contributed by atoms with van der Waals surface area (Å²) >= 11 is 0. The van der Waals surface area contributed by atoms with Crippen LogP contribution in [-0.2, 0) is 4.79 Å². The molecular weight excluding hydrogens is 278 g/mol. The van der Waals surface area contributed by atoms with E-state index in [9.17, 15) is 9.59 Å². The Labute approximate surface area is 129 Å². The number of carbonyl (C=O) groups is 2. The van der Waals surface area contributed by atoms with Crippen molar-refractivity contribution in [1.29, 1.82) is 5.26 Å². The van der Waals surface area contributed by atoms with E-state index in [4.69, 9.17) is 5.26 Å². The molecule has 1 aromatic carbocycles. The zero-order valence-electron chi connectivity index (χ0n) is 12.4. The lowest BCUT2D eigenvalue weighted by Gasteiger charge is -2.30. The molecule has 22 heavy (non-hydrogen) atoms. The van der Waals surface area contributed by atoms with E-state index >= 15 is 0 Å². The van der Waals surface area contributed by atoms with Crippen molar-refractivity contribution in [1.82, 2.24) is 10.6 Å². The highest BCUT2D eigenvalue weighted by atomic mass is 16.2. The molecular formula is C17H19N3O2. The van der Waals surface area contributed by atoms with E-state index in [0.29, 0.717) is 31.2 Å². The minimum Gasteiger partial charge on any atom is -0.338 e. The lowest BCUT2D eigenvalue weighted by molar-refractivity contribution is -0.127. The Kier molecular flexibility index (Phi) is 3.61. The van der Waals surface area contributed by atoms with E-state index < -0.39 is 11.1 Å². The Morgan fingerprint density at radius 3 is 2.18 bits per heavy atom. The van der Waals surface area contributed by atoms with Crippen LogP contribution in [0.5, 0.6) is 0 Å². The summed E-state index contributed by atoms with van der Waals surface area (Å²) in [6, 6.07) is 11.1. The molecule has 0 unspecified atom stereocenters. The Morgan fingerprint density at radius 2 is 1.64 bits per heavy atom. The van der Waals surface area contributed by atoms with Gasteiger partial charge in [0.05, 0.1) is 6.07 Å². The van der Waals surface area contributed by atoms with Crippen molar-refractivity contribution in [2.75, 3.05) is 0 Å². The van der Waals surface area contributed by atoms with Gasteiger partial charge < -0.3 is 10.6 Å². The van der Waals surface area contributed by atoms with Gasteiger partial charge in [0.1, 0.15) is 11.1 Å². The molecule has 114 valence electrons. The maximum atomic E-state index is 12.7. The lowest BCUT2D eigenvalue weighted by atomic mass is 9.95. The molecule has 0 saturated heterocycles. The molecule has 2 aliphatic rings. The van der Waals surface area contributed by atoms with Crippen LogP contribution in [0.15, 0.2) is 30.3 Å². The molecule has 0 heterocycles. The summed E-state index contributed by atoms with van der Waals surface area (Å²) in [4.78, 5) is 25.1. The number of carbonyl (C=O) groups excluding carboxylic acids is 2. The molecule has 5 heteroatoms. The largest absolute Gasteiger partial charge is 0.338 e. The molecule has 2 amide bonds. The van der Waals surface area contributed by atoms with Crippen LogP contribution in [0.1, 0.15) is 48.9 Å². The molecule has 0 aliphatic heterocycles. The number of nitriles is 1. The van der Waals surface area contributed by atoms with Gasteiger partial charge in [-0.1, -0.05) is 31.0 Å². The minimum absolute atomic E-state index is 0.215. The Balaban J connectivity index is 1.76. The third-order valence-corrected chi connectivity index (χ3v) is 4.60. The van der Waals surface area contributed by atoms with E-state index in [1.807, 2.05) is 6.07 Å². The van der Waals surface area contributed by atoms with E-state index in [2.05, 4.69) is 16.7 Å². The van der Waals surface area contributed by atoms with Gasteiger partial charge in [0.2, 0.25) is 5.91 Å². The number of hydrogen-bond donors (Lipinski definition) is 2. The number of amides is 2. The fraction of sp³-hybridized carbons (Fsp3) is 0.471. The van der Waals surface area contributed by atoms with Crippen molar-refractivity contribution >= 4 is 11.8 Å². The zero-order chi connectivity index (χ0) is 15.6. The monoisotopic (exact) mass is 297 g/mol. The first-order valence-electron chi connectivity index (χ1n) is 7.71. The Bertz CT molecular complexity index is 623. The average molecular weight is 297 g/mol. The third-order valence-electron chi connectivity index (χ3n) is 4.60. The summed E-state index contributed by atoms with van der Waals surface area (Å²) in [5, 5.41) is 14.9. The van der Waals surface area contributed by atoms with Gasteiger partial charge in [-0.25, -0.2) is 0 Å². The van der Waals surface area contributed by atoms with Gasteiger partial charge in [0.25, 0.3) is 5.91 Å². The van der Waals surface area contributed by atoms with Gasteiger partial charge >= 0.3 is 0 Å². The topological polar surface area (TPSA) is 82.0 Å². The fourth-order valence-electron chi connectivity index (χ4n) is 2.99. The Morgan fingerprint density at radius 1 is 1.00 bits per heavy atom. The van der Waals surface area contributed by atoms with Crippen molar-refractivity contribution in [2.24, 2.45) is 0 Å². The van der Waals surface area contributed by atoms with E-state index in [1.54, 1.807) is 24.3 Å². The van der Waals surface area contributed by atoms with Gasteiger partial charge in [0, 0.05) is 5.56 Å². The normalized spacial score (nSPS) is 20.7. The van der Waals surface area contributed by atoms with Crippen LogP contribution in [-0.4, -0.2) is 22.9 Å². The van der Waals surface area contributed by atoms with Gasteiger partial charge in [0.15, 0.2) is 0 Å². The fourth-order valence-corrected chi connectivity index (χ4v) is 2.99. The molecule has 2 aliphatic carbocycles. The number of benzene rings is 1. The van der Waals surface area contributed by atoms with Crippen molar-refractivity contribution in [3.63, 3.8) is 0 Å². The lowest BCUT2D eigenvalue weighted by Crippen LogP contribution is -2.59. The van der Waals surface area contributed by atoms with Crippen LogP contribution in [0.4, 0.5) is 0 Å². The van der Waals surface area contributed by atoms with Gasteiger partial charge in [-0.3, -0.25) is 9.59 Å². The summed E-state index contributed by atoms with van der Waals surface area (Å²) in [6.45, 7) is 0. The summed E-state index contributed by atoms with van der Waals surface area (Å²) in [5.74, 6) is -0.451. The van der Waals surface area contributed by atoms with Crippen LogP contribution in [0.25, 0.3) is 0 Å². The van der Waals surface area contributed by atoms with Crippen LogP contribution in [0.2, 0.25) is 0 Å². The summed E-state index contributed by atoms with van der Waals surface area (Å²) in [7, 11) is 0. The molecule has 2 saturated carbocycles. The highest BCUT2D eigenvalue weighted by Crippen LogP contribution is 2.37. The van der Waals surface area contributed by atoms with Crippen molar-refractivity contribution in [3.8, 4) is 6.07 Å². The quantitative estimate of drug-likeness (QED) is 0.890. The predicted molar refractivity (Wildman–Crippen MR) is 80.8 cm³/mol. The average Bonchev–Trinajstić information content (AvgIpc) is 3.16. The Hall–Kier alpha value is -2.35. The first kappa shape index (κ1) is 14.6. The molecule has 1 aromatic rings. The van der Waals surface area contributed by atoms with Gasteiger partial charge in [-0.2, -0.15) is 5.26 Å². The van der Waals surface area contributed by atoms with Crippen molar-refractivity contribution in [3.05, 3.63) is 35.9 Å². The second-order valence-electron chi connectivity index (χ2n) is 6.26. The van der Waals surface area contributed by atoms with Crippen molar-refractivity contribution in [2.45, 2.75) is 49.6 Å². The summed E-state index contributed by atoms with van der Waals surface area (Å²) < 4.78 is 0. The zero-order valence-corrected chi connectivity index (χ0v) is 12.4. The number of rotatable bonds is 4. The van der Waals surface area contributed by atoms with Gasteiger partial charge in [-0.05, 0) is 37.8 Å². The standard InChI is InChI=1S/C17H19N3O2/c18-12-16(10-11-16)20-15(22)17(8-4-5-9-17)19-14(21)13-6-2-1-3-7-13/h1-3,6-7H,4-5,8-11H2,(H,19,21)(H,20,22). The van der Waals surface area contributed by atoms with E-state index in [-0.39, 0.29) is 11.8 Å². The molecule has 2 fully saturated rings. The molecule has 5 nitrogen and oxygen atoms in total. The van der Waals surface area contributed by atoms with Crippen LogP contribution < -0.4 is 10.6 Å². The van der Waals surface area contributed by atoms with Crippen molar-refractivity contribution < 1.29 is 9.59 Å². The number of hydrogen-bond acceptors (Lipinski definition) is 3.